The van der Waals surface area contributed by atoms with Gasteiger partial charge in [-0.05, 0) is 6.07 Å². The number of phenolic OH excluding ortho intramolecular Hbond substituents is 1. The fraction of sp³-hybridized carbons (Fsp3) is 0.400. The SMILES string of the molecule is COC(O)C[C@@H](O)c1cccc(O)c1F. The normalized spacial score (nSPS) is 14.9. The Hall–Kier alpha value is -1.17. The van der Waals surface area contributed by atoms with Crippen LogP contribution in [0, 0.1) is 5.82 Å². The Labute approximate surface area is 86.6 Å². The van der Waals surface area contributed by atoms with Crippen molar-refractivity contribution in [2.75, 3.05) is 7.11 Å². The molecule has 0 amide bonds. The molecule has 2 atom stereocenters. The first-order valence-electron chi connectivity index (χ1n) is 4.42. The van der Waals surface area contributed by atoms with Gasteiger partial charge in [0.25, 0.3) is 0 Å². The topological polar surface area (TPSA) is 69.9 Å². The first-order valence-corrected chi connectivity index (χ1v) is 4.42. The maximum Gasteiger partial charge on any atom is 0.170 e. The maximum atomic E-state index is 13.3. The number of methoxy groups -OCH3 is 1. The molecule has 0 saturated heterocycles. The van der Waals surface area contributed by atoms with Crippen LogP contribution in [0.15, 0.2) is 18.2 Å². The van der Waals surface area contributed by atoms with Crippen LogP contribution in [0.5, 0.6) is 5.75 Å². The van der Waals surface area contributed by atoms with E-state index in [1.54, 1.807) is 0 Å². The molecule has 0 radical (unpaired) electrons. The number of benzene rings is 1. The first kappa shape index (κ1) is 11.9. The van der Waals surface area contributed by atoms with Crippen molar-refractivity contribution in [3.05, 3.63) is 29.6 Å². The molecule has 1 aromatic rings. The van der Waals surface area contributed by atoms with Gasteiger partial charge in [-0.2, -0.15) is 0 Å². The molecule has 84 valence electrons. The van der Waals surface area contributed by atoms with Crippen LogP contribution in [0.3, 0.4) is 0 Å². The van der Waals surface area contributed by atoms with Gasteiger partial charge >= 0.3 is 0 Å². The van der Waals surface area contributed by atoms with E-state index < -0.39 is 24.0 Å². The average Bonchev–Trinajstić information content (AvgIpc) is 2.21. The molecule has 0 spiro atoms. The maximum absolute atomic E-state index is 13.3. The molecule has 1 rings (SSSR count). The largest absolute Gasteiger partial charge is 0.505 e. The van der Waals surface area contributed by atoms with Gasteiger partial charge in [0.2, 0.25) is 0 Å². The molecule has 0 saturated carbocycles. The van der Waals surface area contributed by atoms with Crippen molar-refractivity contribution in [1.29, 1.82) is 0 Å². The van der Waals surface area contributed by atoms with Crippen LogP contribution in [0.25, 0.3) is 0 Å². The molecule has 0 aliphatic heterocycles. The Balaban J connectivity index is 2.82. The fourth-order valence-corrected chi connectivity index (χ4v) is 1.21. The summed E-state index contributed by atoms with van der Waals surface area (Å²) in [6.07, 6.45) is -2.54. The van der Waals surface area contributed by atoms with Crippen LogP contribution < -0.4 is 0 Å². The van der Waals surface area contributed by atoms with Crippen LogP contribution in [0.4, 0.5) is 4.39 Å². The van der Waals surface area contributed by atoms with Crippen molar-refractivity contribution in [3.63, 3.8) is 0 Å². The van der Waals surface area contributed by atoms with Crippen molar-refractivity contribution in [1.82, 2.24) is 0 Å². The number of ether oxygens (including phenoxy) is 1. The molecule has 3 N–H and O–H groups in total. The van der Waals surface area contributed by atoms with Gasteiger partial charge in [0, 0.05) is 19.1 Å². The van der Waals surface area contributed by atoms with Gasteiger partial charge < -0.3 is 20.1 Å². The highest BCUT2D eigenvalue weighted by molar-refractivity contribution is 5.31. The van der Waals surface area contributed by atoms with Gasteiger partial charge in [0.1, 0.15) is 0 Å². The molecular weight excluding hydrogens is 203 g/mol. The highest BCUT2D eigenvalue weighted by Gasteiger charge is 2.18. The lowest BCUT2D eigenvalue weighted by Gasteiger charge is -2.15. The second-order valence-corrected chi connectivity index (χ2v) is 3.12. The summed E-state index contributed by atoms with van der Waals surface area (Å²) in [5, 5.41) is 27.7. The van der Waals surface area contributed by atoms with Gasteiger partial charge in [0.05, 0.1) is 6.10 Å². The predicted octanol–water partition coefficient (Wildman–Crippen LogP) is 0.920. The third kappa shape index (κ3) is 2.89. The van der Waals surface area contributed by atoms with Crippen LogP contribution >= 0.6 is 0 Å². The Morgan fingerprint density at radius 2 is 2.07 bits per heavy atom. The summed E-state index contributed by atoms with van der Waals surface area (Å²) in [4.78, 5) is 0. The fourth-order valence-electron chi connectivity index (χ4n) is 1.21. The molecule has 0 bridgehead atoms. The van der Waals surface area contributed by atoms with E-state index in [-0.39, 0.29) is 12.0 Å². The molecular formula is C10H13FO4. The summed E-state index contributed by atoms with van der Waals surface area (Å²) in [6.45, 7) is 0. The highest BCUT2D eigenvalue weighted by atomic mass is 19.1. The van der Waals surface area contributed by atoms with Crippen LogP contribution in [0.1, 0.15) is 18.1 Å². The molecule has 0 fully saturated rings. The molecule has 0 aromatic heterocycles. The zero-order valence-corrected chi connectivity index (χ0v) is 8.22. The lowest BCUT2D eigenvalue weighted by atomic mass is 10.1. The van der Waals surface area contributed by atoms with E-state index in [1.807, 2.05) is 0 Å². The third-order valence-corrected chi connectivity index (χ3v) is 2.06. The van der Waals surface area contributed by atoms with Gasteiger partial charge in [-0.1, -0.05) is 12.1 Å². The van der Waals surface area contributed by atoms with Gasteiger partial charge in [-0.15, -0.1) is 0 Å². The van der Waals surface area contributed by atoms with Crippen molar-refractivity contribution < 1.29 is 24.4 Å². The van der Waals surface area contributed by atoms with E-state index in [0.29, 0.717) is 0 Å². The minimum Gasteiger partial charge on any atom is -0.505 e. The number of phenols is 1. The molecule has 0 heterocycles. The van der Waals surface area contributed by atoms with E-state index in [1.165, 1.54) is 25.3 Å². The zero-order valence-electron chi connectivity index (χ0n) is 8.22. The summed E-state index contributed by atoms with van der Waals surface area (Å²) < 4.78 is 17.8. The Bertz CT molecular complexity index is 329. The number of rotatable bonds is 4. The summed E-state index contributed by atoms with van der Waals surface area (Å²) in [7, 11) is 1.27. The second-order valence-electron chi connectivity index (χ2n) is 3.12. The lowest BCUT2D eigenvalue weighted by Crippen LogP contribution is -2.14. The highest BCUT2D eigenvalue weighted by Crippen LogP contribution is 2.26. The van der Waals surface area contributed by atoms with E-state index in [0.717, 1.165) is 0 Å². The predicted molar refractivity (Wildman–Crippen MR) is 50.7 cm³/mol. The van der Waals surface area contributed by atoms with E-state index >= 15 is 0 Å². The number of aliphatic hydroxyl groups excluding tert-OH is 2. The summed E-state index contributed by atoms with van der Waals surface area (Å²) >= 11 is 0. The van der Waals surface area contributed by atoms with Gasteiger partial charge in [-0.25, -0.2) is 4.39 Å². The first-order chi connectivity index (χ1) is 7.06. The monoisotopic (exact) mass is 216 g/mol. The van der Waals surface area contributed by atoms with E-state index in [4.69, 9.17) is 10.2 Å². The third-order valence-electron chi connectivity index (χ3n) is 2.06. The molecule has 1 unspecified atom stereocenters. The van der Waals surface area contributed by atoms with Gasteiger partial charge in [0.15, 0.2) is 17.9 Å². The number of hydrogen-bond acceptors (Lipinski definition) is 4. The summed E-state index contributed by atoms with van der Waals surface area (Å²) in [6, 6.07) is 3.93. The minimum atomic E-state index is -1.22. The van der Waals surface area contributed by atoms with E-state index in [9.17, 15) is 9.50 Å². The molecule has 4 nitrogen and oxygen atoms in total. The quantitative estimate of drug-likeness (QED) is 0.654. The summed E-state index contributed by atoms with van der Waals surface area (Å²) in [5.41, 5.74) is -0.0638. The number of halogens is 1. The van der Waals surface area contributed by atoms with Gasteiger partial charge in [-0.3, -0.25) is 0 Å². The van der Waals surface area contributed by atoms with Crippen molar-refractivity contribution in [3.8, 4) is 5.75 Å². The van der Waals surface area contributed by atoms with Crippen molar-refractivity contribution in [2.45, 2.75) is 18.8 Å². The van der Waals surface area contributed by atoms with Crippen LogP contribution in [0.2, 0.25) is 0 Å². The molecule has 15 heavy (non-hydrogen) atoms. The average molecular weight is 216 g/mol. The smallest absolute Gasteiger partial charge is 0.170 e. The number of aliphatic hydroxyl groups is 2. The standard InChI is InChI=1S/C10H13FO4/c1-15-9(14)5-8(13)6-3-2-4-7(12)10(6)11/h2-4,8-9,12-14H,5H2,1H3/t8-,9?/m1/s1. The number of hydrogen-bond donors (Lipinski definition) is 3. The van der Waals surface area contributed by atoms with Crippen molar-refractivity contribution in [2.24, 2.45) is 0 Å². The second kappa shape index (κ2) is 5.06. The van der Waals surface area contributed by atoms with Crippen LogP contribution in [-0.2, 0) is 4.74 Å². The van der Waals surface area contributed by atoms with Crippen molar-refractivity contribution >= 4 is 0 Å². The number of aromatic hydroxyl groups is 1. The molecule has 1 aromatic carbocycles. The Morgan fingerprint density at radius 3 is 2.67 bits per heavy atom. The summed E-state index contributed by atoms with van der Waals surface area (Å²) in [5.74, 6) is -1.41. The molecule has 0 aliphatic rings. The van der Waals surface area contributed by atoms with Crippen LogP contribution in [-0.4, -0.2) is 28.7 Å². The molecule has 0 aliphatic carbocycles. The Kier molecular flexibility index (Phi) is 4.02. The zero-order chi connectivity index (χ0) is 11.4. The minimum absolute atomic E-state index is 0.0638. The Morgan fingerprint density at radius 1 is 1.40 bits per heavy atom. The van der Waals surface area contributed by atoms with E-state index in [2.05, 4.69) is 4.74 Å². The molecule has 5 heteroatoms. The lowest BCUT2D eigenvalue weighted by molar-refractivity contribution is -0.0986.